The number of para-hydroxylation sites is 2. The van der Waals surface area contributed by atoms with Crippen molar-refractivity contribution >= 4 is 46.0 Å². The monoisotopic (exact) mass is 1900 g/mol. The Kier molecular flexibility index (Phi) is 122. The zero-order valence-electron chi connectivity index (χ0n) is 66.3. The minimum atomic E-state index is -4.96. The molecule has 2 fully saturated rings. The van der Waals surface area contributed by atoms with Crippen LogP contribution in [0.1, 0.15) is 288 Å². The van der Waals surface area contributed by atoms with Crippen molar-refractivity contribution in [1.29, 1.82) is 0 Å². The number of benzene rings is 2. The second-order valence-electron chi connectivity index (χ2n) is 24.7. The lowest BCUT2D eigenvalue weighted by molar-refractivity contribution is -0.142. The summed E-state index contributed by atoms with van der Waals surface area (Å²) in [4.78, 5) is 28.2. The summed E-state index contributed by atoms with van der Waals surface area (Å²) in [7, 11) is 8.07. The summed E-state index contributed by atoms with van der Waals surface area (Å²) in [6, 6.07) is 6.43. The summed E-state index contributed by atoms with van der Waals surface area (Å²) in [5.41, 5.74) is -7.42. The molecule has 0 amide bonds. The van der Waals surface area contributed by atoms with Crippen molar-refractivity contribution in [2.75, 3.05) is 180 Å². The van der Waals surface area contributed by atoms with Gasteiger partial charge >= 0.3 is 24.7 Å². The number of nitrogens with one attached hydrogen (secondary N) is 1. The predicted octanol–water partition coefficient (Wildman–Crippen LogP) is 24.7. The van der Waals surface area contributed by atoms with Crippen LogP contribution >= 0.6 is 11.6 Å². The third kappa shape index (κ3) is 71.6. The van der Waals surface area contributed by atoms with Crippen molar-refractivity contribution in [2.24, 2.45) is 0 Å². The molecule has 4 N–H and O–H groups in total. The number of ether oxygens (including phenoxy) is 13. The van der Waals surface area contributed by atoms with Crippen LogP contribution in [0.3, 0.4) is 0 Å². The first-order valence-electron chi connectivity index (χ1n) is 37.8. The molecule has 770 valence electrons. The maximum Gasteiger partial charge on any atom is 0.433 e. The number of aromatic nitrogens is 2. The van der Waals surface area contributed by atoms with Gasteiger partial charge in [0.1, 0.15) is 24.0 Å². The van der Waals surface area contributed by atoms with Crippen LogP contribution in [0, 0.1) is 0 Å². The molecule has 0 spiro atoms. The minimum Gasteiger partial charge on any atom is -0.394 e. The number of halogens is 13. The van der Waals surface area contributed by atoms with Gasteiger partial charge in [0.2, 0.25) is 0 Å². The summed E-state index contributed by atoms with van der Waals surface area (Å²) >= 11 is 5.53. The molecule has 127 heavy (non-hydrogen) atoms. The summed E-state index contributed by atoms with van der Waals surface area (Å²) in [6.45, 7) is 20.4. The van der Waals surface area contributed by atoms with Crippen molar-refractivity contribution in [1.82, 2.24) is 20.2 Å². The lowest BCUT2D eigenvalue weighted by Crippen LogP contribution is -2.44. The highest BCUT2D eigenvalue weighted by atomic mass is 35.5. The molecule has 0 aliphatic carbocycles. The molecule has 2 aromatic heterocycles. The Labute approximate surface area is 767 Å². The van der Waals surface area contributed by atoms with Crippen molar-refractivity contribution in [2.45, 2.75) is 303 Å². The number of fused-ring (bicyclic) bond motifs is 2. The van der Waals surface area contributed by atoms with E-state index in [2.05, 4.69) is 20.0 Å². The Morgan fingerprint density at radius 1 is 0.449 bits per heavy atom. The summed E-state index contributed by atoms with van der Waals surface area (Å²) < 4.78 is 227. The largest absolute Gasteiger partial charge is 0.433 e. The van der Waals surface area contributed by atoms with Gasteiger partial charge in [-0.15, -0.1) is 11.6 Å². The molecule has 4 unspecified atom stereocenters. The molecule has 0 radical (unpaired) electrons. The van der Waals surface area contributed by atoms with Crippen LogP contribution in [0.25, 0.3) is 21.8 Å². The molecule has 22 nitrogen and oxygen atoms in total. The maximum absolute atomic E-state index is 13.6. The SMILES string of the molecule is C.C.C.C.C.C.C.C.C.C.C.C.C.C.C.CCOC(CCCCl)OCC.CCOC(CCCOCCOC)OCC.COCCO.COCCOCCCC=O.COCCOCCCC=O.COCCOCCCCN1CCCCC1C(O)c1cc(C(F)(F)F)nc2c(C(F)(F)F)cccc12.OC(c1cc(C(F)(F)F)nc2c(C(F)(F)F)cccc12)C1CCCCN1. The topological polar surface area (TPSA) is 256 Å². The normalized spacial score (nSPS) is 13.5. The molecule has 2 aliphatic heterocycles. The van der Waals surface area contributed by atoms with E-state index >= 15 is 0 Å². The van der Waals surface area contributed by atoms with Gasteiger partial charge < -0.3 is 91.8 Å². The quantitative estimate of drug-likeness (QED) is 0.0105. The van der Waals surface area contributed by atoms with Gasteiger partial charge in [-0.05, 0) is 153 Å². The molecule has 4 atom stereocenters. The van der Waals surface area contributed by atoms with Crippen molar-refractivity contribution < 1.29 is 139 Å². The first-order valence-corrected chi connectivity index (χ1v) is 38.4. The molecular weight excluding hydrogens is 1710 g/mol. The van der Waals surface area contributed by atoms with E-state index in [1.807, 2.05) is 32.6 Å². The highest BCUT2D eigenvalue weighted by molar-refractivity contribution is 6.17. The number of hydrogen-bond acceptors (Lipinski definition) is 22. The van der Waals surface area contributed by atoms with E-state index in [1.54, 1.807) is 35.5 Å². The molecular formula is C92H183ClF12N4O18. The van der Waals surface area contributed by atoms with Gasteiger partial charge in [0.15, 0.2) is 12.6 Å². The zero-order valence-corrected chi connectivity index (χ0v) is 67.1. The van der Waals surface area contributed by atoms with E-state index < -0.39 is 82.5 Å². The van der Waals surface area contributed by atoms with Crippen molar-refractivity contribution in [3.8, 4) is 0 Å². The molecule has 4 aromatic rings. The van der Waals surface area contributed by atoms with Crippen LogP contribution in [0.2, 0.25) is 0 Å². The highest BCUT2D eigenvalue weighted by Crippen LogP contribution is 2.43. The van der Waals surface area contributed by atoms with Gasteiger partial charge in [-0.25, -0.2) is 9.97 Å². The number of rotatable bonds is 46. The lowest BCUT2D eigenvalue weighted by Gasteiger charge is -2.39. The number of piperidine rings is 2. The Morgan fingerprint density at radius 2 is 0.803 bits per heavy atom. The van der Waals surface area contributed by atoms with Gasteiger partial charge in [-0.1, -0.05) is 149 Å². The zero-order chi connectivity index (χ0) is 84.1. The fraction of sp³-hybridized carbons (Fsp3) is 0.783. The van der Waals surface area contributed by atoms with Crippen molar-refractivity contribution in [3.05, 3.63) is 82.2 Å². The Morgan fingerprint density at radius 3 is 1.12 bits per heavy atom. The van der Waals surface area contributed by atoms with Crippen LogP contribution in [0.4, 0.5) is 52.7 Å². The molecule has 6 rings (SSSR count). The fourth-order valence-corrected chi connectivity index (χ4v) is 11.1. The second kappa shape index (κ2) is 97.4. The van der Waals surface area contributed by atoms with Gasteiger partial charge in [-0.3, -0.25) is 4.90 Å². The number of methoxy groups -OCH3 is 5. The fourth-order valence-electron chi connectivity index (χ4n) is 10.9. The van der Waals surface area contributed by atoms with Gasteiger partial charge in [0.05, 0.1) is 100 Å². The number of likely N-dealkylation sites (tertiary alicyclic amines) is 1. The standard InChI is InChI=1S/C24H30F6N2O3.C17H16F6N2O.C11H24O4.C8H17ClO2.2C7H14O3.C3H8O2.15CH4/c1-34-13-14-35-12-5-4-11-32-10-3-2-9-19(32)22(33)17-15-20(24(28,29)30)31-21-16(17)7-6-8-18(21)23(25,26)27;18-16(19,20)11-5-3-4-9-10(15(26)12-6-1-2-7-24-12)8-13(17(21,22)23)25-14(9)11;1-4-14-11(15-5-2)7-6-8-13-10-9-12-3;1-3-10-8(11-4-2)6-5-7-9;2*1-9-6-7-10-5-3-2-4-8;1-5-3-2-4;;;;;;;;;;;;;;;/h6-8,15,19,22,33H,2-5,9-14H2,1H3;3-5,8,12,15,24,26H,1-2,6-7H2;11H,4-10H2,1-3H3;8H,3-7H2,1-2H3;2*4H,2-3,5-7H2,1H3;4H,2-3H2,1H3;15*1H4. The number of nitrogens with zero attached hydrogens (tertiary/aromatic N) is 3. The molecule has 35 heteroatoms. The average Bonchev–Trinajstić information content (AvgIpc) is 0.761. The number of aliphatic hydroxyl groups excluding tert-OH is 3. The van der Waals surface area contributed by atoms with Crippen LogP contribution in [-0.2, 0) is 95.9 Å². The molecule has 0 bridgehead atoms. The molecule has 2 saturated heterocycles. The van der Waals surface area contributed by atoms with Crippen LogP contribution in [0.5, 0.6) is 0 Å². The molecule has 4 heterocycles. The maximum atomic E-state index is 13.6. The first-order chi connectivity index (χ1) is 53.6. The van der Waals surface area contributed by atoms with E-state index in [-0.39, 0.29) is 152 Å². The van der Waals surface area contributed by atoms with Crippen molar-refractivity contribution in [3.63, 3.8) is 0 Å². The molecule has 2 aromatic carbocycles. The number of unbranched alkanes of at least 4 members (excludes halogenated alkanes) is 3. The molecule has 0 saturated carbocycles. The number of pyridine rings is 2. The summed E-state index contributed by atoms with van der Waals surface area (Å²) in [6.07, 6.45) is -8.42. The predicted molar refractivity (Wildman–Crippen MR) is 502 cm³/mol. The van der Waals surface area contributed by atoms with E-state index in [4.69, 9.17) is 73.5 Å². The summed E-state index contributed by atoms with van der Waals surface area (Å²) in [5, 5.41) is 32.5. The lowest BCUT2D eigenvalue weighted by atomic mass is 9.90. The van der Waals surface area contributed by atoms with Crippen LogP contribution < -0.4 is 5.32 Å². The van der Waals surface area contributed by atoms with Gasteiger partial charge in [0, 0.05) is 136 Å². The van der Waals surface area contributed by atoms with Crippen LogP contribution in [0.15, 0.2) is 48.5 Å². The minimum absolute atomic E-state index is 0. The Balaban J connectivity index is -0.0000000854. The van der Waals surface area contributed by atoms with E-state index in [1.165, 1.54) is 12.1 Å². The van der Waals surface area contributed by atoms with E-state index in [0.717, 1.165) is 108 Å². The number of aliphatic hydroxyl groups is 3. The highest BCUT2D eigenvalue weighted by Gasteiger charge is 2.41. The number of carbonyl (C=O) groups excluding carboxylic acids is 2. The number of alkyl halides is 13. The third-order valence-electron chi connectivity index (χ3n) is 16.3. The Hall–Kier alpha value is -4.67. The van der Waals surface area contributed by atoms with E-state index in [0.29, 0.717) is 181 Å². The van der Waals surface area contributed by atoms with Gasteiger partial charge in [0.25, 0.3) is 0 Å². The first kappa shape index (κ1) is 159. The Bertz CT molecular complexity index is 2920. The second-order valence-corrected chi connectivity index (χ2v) is 25.1. The number of hydrogen-bond donors (Lipinski definition) is 4. The molecule has 2 aliphatic rings. The smallest absolute Gasteiger partial charge is 0.394 e. The summed E-state index contributed by atoms with van der Waals surface area (Å²) in [5.74, 6) is 0.677. The number of aldehydes is 2. The van der Waals surface area contributed by atoms with Gasteiger partial charge in [-0.2, -0.15) is 52.7 Å². The van der Waals surface area contributed by atoms with E-state index in [9.17, 15) is 72.5 Å². The number of carbonyl (C=O) groups is 2. The average molecular weight is 1900 g/mol. The third-order valence-corrected chi connectivity index (χ3v) is 16.5. The van der Waals surface area contributed by atoms with Crippen LogP contribution in [-0.4, -0.2) is 247 Å².